The molecule has 1 aliphatic carbocycles. The molecular weight excluding hydrogens is 665 g/mol. The third-order valence-corrected chi connectivity index (χ3v) is 12.3. The Morgan fingerprint density at radius 1 is 0.418 bits per heavy atom. The van der Waals surface area contributed by atoms with Crippen LogP contribution in [0.3, 0.4) is 0 Å². The van der Waals surface area contributed by atoms with E-state index in [9.17, 15) is 0 Å². The van der Waals surface area contributed by atoms with Crippen LogP contribution in [-0.4, -0.2) is 9.13 Å². The van der Waals surface area contributed by atoms with Gasteiger partial charge in [0.2, 0.25) is 0 Å². The van der Waals surface area contributed by atoms with Crippen LogP contribution in [0.2, 0.25) is 0 Å². The van der Waals surface area contributed by atoms with Crippen LogP contribution in [0.15, 0.2) is 176 Å². The lowest BCUT2D eigenvalue weighted by Gasteiger charge is -2.21. The van der Waals surface area contributed by atoms with E-state index < -0.39 is 0 Å². The summed E-state index contributed by atoms with van der Waals surface area (Å²) in [7, 11) is 0. The van der Waals surface area contributed by atoms with Crippen molar-refractivity contribution in [2.75, 3.05) is 0 Å². The smallest absolute Gasteiger partial charge is 0.0619 e. The fourth-order valence-electron chi connectivity index (χ4n) is 9.85. The number of aromatic nitrogens is 2. The molecule has 0 bridgehead atoms. The molecule has 55 heavy (non-hydrogen) atoms. The van der Waals surface area contributed by atoms with Gasteiger partial charge in [-0.1, -0.05) is 153 Å². The molecule has 3 heterocycles. The Balaban J connectivity index is 1.07. The van der Waals surface area contributed by atoms with Crippen molar-refractivity contribution in [1.29, 1.82) is 0 Å². The van der Waals surface area contributed by atoms with Gasteiger partial charge in [0.15, 0.2) is 0 Å². The zero-order chi connectivity index (χ0) is 36.2. The van der Waals surface area contributed by atoms with Crippen LogP contribution in [0.5, 0.6) is 0 Å². The van der Waals surface area contributed by atoms with Crippen LogP contribution in [-0.2, 0) is 0 Å². The number of para-hydroxylation sites is 2. The zero-order valence-corrected chi connectivity index (χ0v) is 30.5. The molecule has 2 aliphatic rings. The van der Waals surface area contributed by atoms with Gasteiger partial charge in [-0.2, -0.15) is 0 Å². The van der Waals surface area contributed by atoms with Gasteiger partial charge in [0.1, 0.15) is 0 Å². The van der Waals surface area contributed by atoms with E-state index in [1.165, 1.54) is 111 Å². The normalized spacial score (nSPS) is 14.3. The number of hydrogen-bond donors (Lipinski definition) is 0. The predicted octanol–water partition coefficient (Wildman–Crippen LogP) is 14.4. The quantitative estimate of drug-likeness (QED) is 0.174. The number of benzene rings is 8. The molecule has 258 valence electrons. The average molecular weight is 701 g/mol. The minimum absolute atomic E-state index is 0.395. The standard InChI is InChI=1S/C53H36N2/c1-33-13-11-21-44-46-31-35(25-28-50(46)54(52(33)44)49-30-27-37(34-14-3-2-4-15-34)38-16-7-8-19-41(38)49)36-26-29-51-47(32-36)45-23-12-22-43-40-18-6-5-17-39(40)42-20-9-10-24-48(42)55(51)53(43)45/h2-12,14-33H,13H2,1H3. The van der Waals surface area contributed by atoms with Crippen LogP contribution < -0.4 is 0 Å². The maximum Gasteiger partial charge on any atom is 0.0619 e. The molecule has 0 saturated heterocycles. The van der Waals surface area contributed by atoms with Crippen molar-refractivity contribution >= 4 is 49.6 Å². The van der Waals surface area contributed by atoms with Gasteiger partial charge in [-0.05, 0) is 81.6 Å². The minimum atomic E-state index is 0.395. The first-order valence-corrected chi connectivity index (χ1v) is 19.4. The molecular formula is C53H36N2. The van der Waals surface area contributed by atoms with Gasteiger partial charge in [-0.25, -0.2) is 0 Å². The molecule has 12 rings (SSSR count). The van der Waals surface area contributed by atoms with E-state index in [1.807, 2.05) is 0 Å². The predicted molar refractivity (Wildman–Crippen MR) is 232 cm³/mol. The molecule has 1 atom stereocenters. The average Bonchev–Trinajstić information content (AvgIpc) is 3.72. The molecule has 0 saturated carbocycles. The second-order valence-electron chi connectivity index (χ2n) is 15.3. The lowest BCUT2D eigenvalue weighted by Crippen LogP contribution is -2.07. The molecule has 2 aromatic heterocycles. The first-order chi connectivity index (χ1) is 27.2. The number of rotatable bonds is 3. The SMILES string of the molecule is CC1CC=Cc2c1n(-c1ccc(-c3ccccc3)c3ccccc13)c1ccc(-c3ccc4c(c3)c3cccc5c3n4-c3ccccc3-c3ccccc3-5)cc21. The van der Waals surface area contributed by atoms with Crippen molar-refractivity contribution in [3.05, 3.63) is 187 Å². The Morgan fingerprint density at radius 3 is 1.87 bits per heavy atom. The van der Waals surface area contributed by atoms with E-state index in [-0.39, 0.29) is 0 Å². The van der Waals surface area contributed by atoms with E-state index in [0.717, 1.165) is 6.42 Å². The van der Waals surface area contributed by atoms with E-state index in [4.69, 9.17) is 0 Å². The third-order valence-electron chi connectivity index (χ3n) is 12.3. The third kappa shape index (κ3) is 4.31. The zero-order valence-electron chi connectivity index (χ0n) is 30.5. The van der Waals surface area contributed by atoms with Gasteiger partial charge in [-0.15, -0.1) is 0 Å². The van der Waals surface area contributed by atoms with Crippen molar-refractivity contribution in [3.8, 4) is 55.9 Å². The molecule has 0 spiro atoms. The van der Waals surface area contributed by atoms with Crippen molar-refractivity contribution in [3.63, 3.8) is 0 Å². The van der Waals surface area contributed by atoms with Crippen molar-refractivity contribution in [1.82, 2.24) is 9.13 Å². The van der Waals surface area contributed by atoms with E-state index in [1.54, 1.807) is 0 Å². The summed E-state index contributed by atoms with van der Waals surface area (Å²) in [5.74, 6) is 0.395. The van der Waals surface area contributed by atoms with Crippen LogP contribution >= 0.6 is 0 Å². The molecule has 0 amide bonds. The second kappa shape index (κ2) is 11.5. The summed E-state index contributed by atoms with van der Waals surface area (Å²) in [5, 5.41) is 6.41. The van der Waals surface area contributed by atoms with E-state index in [0.29, 0.717) is 5.92 Å². The lowest BCUT2D eigenvalue weighted by atomic mass is 9.92. The highest BCUT2D eigenvalue weighted by Gasteiger charge is 2.27. The summed E-state index contributed by atoms with van der Waals surface area (Å²) < 4.78 is 5.06. The van der Waals surface area contributed by atoms with Gasteiger partial charge in [0.25, 0.3) is 0 Å². The Labute approximate surface area is 319 Å². The van der Waals surface area contributed by atoms with Crippen molar-refractivity contribution < 1.29 is 0 Å². The molecule has 8 aromatic carbocycles. The fourth-order valence-corrected chi connectivity index (χ4v) is 9.85. The summed E-state index contributed by atoms with van der Waals surface area (Å²) in [4.78, 5) is 0. The van der Waals surface area contributed by atoms with Gasteiger partial charge in [-0.3, -0.25) is 0 Å². The van der Waals surface area contributed by atoms with Gasteiger partial charge >= 0.3 is 0 Å². The largest absolute Gasteiger partial charge is 0.312 e. The molecule has 0 fully saturated rings. The molecule has 0 radical (unpaired) electrons. The summed E-state index contributed by atoms with van der Waals surface area (Å²) in [6.07, 6.45) is 5.76. The van der Waals surface area contributed by atoms with Crippen molar-refractivity contribution in [2.45, 2.75) is 19.3 Å². The number of allylic oxidation sites excluding steroid dienone is 1. The van der Waals surface area contributed by atoms with Crippen LogP contribution in [0.25, 0.3) is 105 Å². The van der Waals surface area contributed by atoms with Gasteiger partial charge < -0.3 is 9.13 Å². The van der Waals surface area contributed by atoms with Crippen LogP contribution in [0.4, 0.5) is 0 Å². The molecule has 10 aromatic rings. The summed E-state index contributed by atoms with van der Waals surface area (Å²) in [6.45, 7) is 2.38. The Bertz CT molecular complexity index is 3240. The summed E-state index contributed by atoms with van der Waals surface area (Å²) in [6, 6.07) is 63.1. The number of fused-ring (bicyclic) bond motifs is 12. The highest BCUT2D eigenvalue weighted by atomic mass is 15.0. The van der Waals surface area contributed by atoms with Crippen LogP contribution in [0.1, 0.15) is 30.5 Å². The molecule has 1 aliphatic heterocycles. The van der Waals surface area contributed by atoms with Gasteiger partial charge in [0, 0.05) is 49.8 Å². The maximum absolute atomic E-state index is 2.56. The van der Waals surface area contributed by atoms with E-state index >= 15 is 0 Å². The first kappa shape index (κ1) is 30.6. The highest BCUT2D eigenvalue weighted by Crippen LogP contribution is 2.48. The molecule has 2 nitrogen and oxygen atoms in total. The Kier molecular flexibility index (Phi) is 6.41. The summed E-state index contributed by atoms with van der Waals surface area (Å²) in [5.41, 5.74) is 19.1. The second-order valence-corrected chi connectivity index (χ2v) is 15.3. The fraction of sp³-hybridized carbons (Fsp3) is 0.0566. The topological polar surface area (TPSA) is 9.86 Å². The number of nitrogens with zero attached hydrogens (tertiary/aromatic N) is 2. The summed E-state index contributed by atoms with van der Waals surface area (Å²) >= 11 is 0. The van der Waals surface area contributed by atoms with Crippen LogP contribution in [0, 0.1) is 0 Å². The molecule has 1 unspecified atom stereocenters. The lowest BCUT2D eigenvalue weighted by molar-refractivity contribution is 0.724. The van der Waals surface area contributed by atoms with E-state index in [2.05, 4.69) is 198 Å². The molecule has 2 heteroatoms. The minimum Gasteiger partial charge on any atom is -0.312 e. The van der Waals surface area contributed by atoms with Crippen molar-refractivity contribution in [2.24, 2.45) is 0 Å². The first-order valence-electron chi connectivity index (χ1n) is 19.4. The highest BCUT2D eigenvalue weighted by molar-refractivity contribution is 6.17. The maximum atomic E-state index is 2.56. The monoisotopic (exact) mass is 700 g/mol. The number of hydrogen-bond acceptors (Lipinski definition) is 0. The van der Waals surface area contributed by atoms with Gasteiger partial charge in [0.05, 0.1) is 27.9 Å². The molecule has 0 N–H and O–H groups in total. The Hall–Kier alpha value is -6.90. The Morgan fingerprint density at radius 2 is 1.05 bits per heavy atom.